The summed E-state index contributed by atoms with van der Waals surface area (Å²) in [6.07, 6.45) is 2.56. The fourth-order valence-electron chi connectivity index (χ4n) is 1.31. The first-order valence-electron chi connectivity index (χ1n) is 4.65. The normalized spacial score (nSPS) is 19.3. The topological polar surface area (TPSA) is 65.5 Å². The Bertz CT molecular complexity index is 435. The number of esters is 2. The first kappa shape index (κ1) is 11.1. The first-order chi connectivity index (χ1) is 7.66. The summed E-state index contributed by atoms with van der Waals surface area (Å²) in [5.74, 6) is -1.06. The maximum Gasteiger partial charge on any atom is 0.347 e. The minimum Gasteiger partial charge on any atom is -0.463 e. The third kappa shape index (κ3) is 2.38. The van der Waals surface area contributed by atoms with Crippen LogP contribution in [0.5, 0.6) is 0 Å². The van der Waals surface area contributed by atoms with Gasteiger partial charge in [0, 0.05) is 23.3 Å². The molecule has 0 amide bonds. The Labute approximate surface area is 99.9 Å². The van der Waals surface area contributed by atoms with Gasteiger partial charge in [-0.1, -0.05) is 0 Å². The van der Waals surface area contributed by atoms with Gasteiger partial charge in [-0.05, 0) is 22.0 Å². The van der Waals surface area contributed by atoms with Crippen LogP contribution in [0.3, 0.4) is 0 Å². The zero-order valence-electron chi connectivity index (χ0n) is 8.18. The molecular formula is C10H8BrNO4. The van der Waals surface area contributed by atoms with Crippen molar-refractivity contribution in [2.75, 3.05) is 6.61 Å². The predicted molar refractivity (Wildman–Crippen MR) is 56.7 cm³/mol. The zero-order valence-corrected chi connectivity index (χ0v) is 9.77. The van der Waals surface area contributed by atoms with Gasteiger partial charge in [0.1, 0.15) is 0 Å². The van der Waals surface area contributed by atoms with Crippen LogP contribution in [-0.4, -0.2) is 29.6 Å². The number of cyclic esters (lactones) is 1. The van der Waals surface area contributed by atoms with E-state index in [2.05, 4.69) is 25.7 Å². The first-order valence-corrected chi connectivity index (χ1v) is 5.44. The van der Waals surface area contributed by atoms with Crippen molar-refractivity contribution in [2.45, 2.75) is 12.5 Å². The molecule has 0 aromatic carbocycles. The van der Waals surface area contributed by atoms with E-state index in [1.807, 2.05) is 0 Å². The van der Waals surface area contributed by atoms with E-state index in [1.165, 1.54) is 6.20 Å². The molecule has 0 saturated carbocycles. The molecule has 1 aromatic rings. The van der Waals surface area contributed by atoms with Crippen molar-refractivity contribution in [3.63, 3.8) is 0 Å². The summed E-state index contributed by atoms with van der Waals surface area (Å²) in [7, 11) is 0. The van der Waals surface area contributed by atoms with Gasteiger partial charge < -0.3 is 9.47 Å². The summed E-state index contributed by atoms with van der Waals surface area (Å²) in [5, 5.41) is 0. The number of pyridine rings is 1. The molecule has 1 aromatic heterocycles. The Kier molecular flexibility index (Phi) is 3.19. The van der Waals surface area contributed by atoms with E-state index >= 15 is 0 Å². The third-order valence-corrected chi connectivity index (χ3v) is 2.51. The molecule has 16 heavy (non-hydrogen) atoms. The lowest BCUT2D eigenvalue weighted by Crippen LogP contribution is -2.22. The molecule has 0 N–H and O–H groups in total. The van der Waals surface area contributed by atoms with Crippen LogP contribution in [0.1, 0.15) is 16.8 Å². The molecule has 1 saturated heterocycles. The fourth-order valence-corrected chi connectivity index (χ4v) is 1.67. The van der Waals surface area contributed by atoms with Crippen molar-refractivity contribution < 1.29 is 19.1 Å². The maximum absolute atomic E-state index is 11.6. The second kappa shape index (κ2) is 4.61. The standard InChI is InChI=1S/C10H8BrNO4/c11-7-3-6(4-12-5-7)9(13)16-8-1-2-15-10(8)14/h3-5,8H,1-2H2/t8-/m1/s1. The molecule has 84 valence electrons. The van der Waals surface area contributed by atoms with Crippen molar-refractivity contribution >= 4 is 27.9 Å². The molecule has 1 aliphatic rings. The van der Waals surface area contributed by atoms with E-state index in [9.17, 15) is 9.59 Å². The van der Waals surface area contributed by atoms with Gasteiger partial charge in [0.25, 0.3) is 0 Å². The Hall–Kier alpha value is -1.43. The van der Waals surface area contributed by atoms with Crippen LogP contribution in [-0.2, 0) is 14.3 Å². The van der Waals surface area contributed by atoms with Gasteiger partial charge in [0.2, 0.25) is 6.10 Å². The lowest BCUT2D eigenvalue weighted by molar-refractivity contribution is -0.145. The lowest BCUT2D eigenvalue weighted by Gasteiger charge is -2.07. The molecule has 1 aliphatic heterocycles. The van der Waals surface area contributed by atoms with Crippen LogP contribution in [0.25, 0.3) is 0 Å². The Morgan fingerprint density at radius 3 is 3.00 bits per heavy atom. The highest BCUT2D eigenvalue weighted by Gasteiger charge is 2.30. The van der Waals surface area contributed by atoms with Crippen molar-refractivity contribution in [1.29, 1.82) is 0 Å². The molecule has 0 unspecified atom stereocenters. The zero-order chi connectivity index (χ0) is 11.5. The molecule has 2 rings (SSSR count). The number of carbonyl (C=O) groups is 2. The quantitative estimate of drug-likeness (QED) is 0.767. The minimum atomic E-state index is -0.786. The molecule has 0 aliphatic carbocycles. The van der Waals surface area contributed by atoms with Crippen LogP contribution in [0.15, 0.2) is 22.9 Å². The van der Waals surface area contributed by atoms with Crippen LogP contribution in [0.4, 0.5) is 0 Å². The average molecular weight is 286 g/mol. The summed E-state index contributed by atoms with van der Waals surface area (Å²) >= 11 is 3.19. The van der Waals surface area contributed by atoms with Gasteiger partial charge in [0.15, 0.2) is 0 Å². The van der Waals surface area contributed by atoms with Gasteiger partial charge in [-0.25, -0.2) is 9.59 Å². The number of carbonyl (C=O) groups excluding carboxylic acids is 2. The van der Waals surface area contributed by atoms with Crippen molar-refractivity contribution in [3.05, 3.63) is 28.5 Å². The highest BCUT2D eigenvalue weighted by molar-refractivity contribution is 9.10. The number of hydrogen-bond acceptors (Lipinski definition) is 5. The number of rotatable bonds is 2. The fraction of sp³-hybridized carbons (Fsp3) is 0.300. The molecule has 0 bridgehead atoms. The third-order valence-electron chi connectivity index (χ3n) is 2.08. The highest BCUT2D eigenvalue weighted by atomic mass is 79.9. The van der Waals surface area contributed by atoms with E-state index in [0.717, 1.165) is 0 Å². The van der Waals surface area contributed by atoms with Crippen molar-refractivity contribution in [3.8, 4) is 0 Å². The van der Waals surface area contributed by atoms with Crippen LogP contribution < -0.4 is 0 Å². The van der Waals surface area contributed by atoms with E-state index in [0.29, 0.717) is 23.1 Å². The minimum absolute atomic E-state index is 0.299. The Morgan fingerprint density at radius 1 is 1.56 bits per heavy atom. The lowest BCUT2D eigenvalue weighted by atomic mass is 10.2. The molecule has 2 heterocycles. The number of aromatic nitrogens is 1. The molecule has 0 radical (unpaired) electrons. The highest BCUT2D eigenvalue weighted by Crippen LogP contribution is 2.15. The molecule has 1 fully saturated rings. The molecular weight excluding hydrogens is 278 g/mol. The summed E-state index contributed by atoms with van der Waals surface area (Å²) in [5.41, 5.74) is 0.300. The smallest absolute Gasteiger partial charge is 0.347 e. The van der Waals surface area contributed by atoms with Crippen molar-refractivity contribution in [2.24, 2.45) is 0 Å². The van der Waals surface area contributed by atoms with Gasteiger partial charge in [-0.2, -0.15) is 0 Å². The number of halogens is 1. The van der Waals surface area contributed by atoms with Gasteiger partial charge in [-0.15, -0.1) is 0 Å². The van der Waals surface area contributed by atoms with Crippen LogP contribution in [0, 0.1) is 0 Å². The van der Waals surface area contributed by atoms with Gasteiger partial charge in [0.05, 0.1) is 12.2 Å². The van der Waals surface area contributed by atoms with E-state index < -0.39 is 18.0 Å². The summed E-state index contributed by atoms with van der Waals surface area (Å²) in [6.45, 7) is 0.299. The van der Waals surface area contributed by atoms with Gasteiger partial charge >= 0.3 is 11.9 Å². The maximum atomic E-state index is 11.6. The second-order valence-electron chi connectivity index (χ2n) is 3.24. The summed E-state index contributed by atoms with van der Waals surface area (Å²) < 4.78 is 10.4. The monoisotopic (exact) mass is 285 g/mol. The summed E-state index contributed by atoms with van der Waals surface area (Å²) in [4.78, 5) is 26.5. The van der Waals surface area contributed by atoms with Crippen molar-refractivity contribution in [1.82, 2.24) is 4.98 Å². The molecule has 5 nitrogen and oxygen atoms in total. The van der Waals surface area contributed by atoms with Crippen LogP contribution >= 0.6 is 15.9 Å². The number of ether oxygens (including phenoxy) is 2. The van der Waals surface area contributed by atoms with Gasteiger partial charge in [-0.3, -0.25) is 4.98 Å². The van der Waals surface area contributed by atoms with Crippen LogP contribution in [0.2, 0.25) is 0 Å². The second-order valence-corrected chi connectivity index (χ2v) is 4.16. The Morgan fingerprint density at radius 2 is 2.38 bits per heavy atom. The van der Waals surface area contributed by atoms with E-state index in [1.54, 1.807) is 12.3 Å². The molecule has 6 heteroatoms. The molecule has 0 spiro atoms. The summed E-state index contributed by atoms with van der Waals surface area (Å²) in [6, 6.07) is 1.58. The number of nitrogens with zero attached hydrogens (tertiary/aromatic N) is 1. The predicted octanol–water partition coefficient (Wildman–Crippen LogP) is 1.32. The number of hydrogen-bond donors (Lipinski definition) is 0. The average Bonchev–Trinajstić information content (AvgIpc) is 2.64. The molecule has 1 atom stereocenters. The largest absolute Gasteiger partial charge is 0.463 e. The van der Waals surface area contributed by atoms with E-state index in [-0.39, 0.29) is 0 Å². The SMILES string of the molecule is O=C(O[C@@H]1CCOC1=O)c1cncc(Br)c1. The van der Waals surface area contributed by atoms with E-state index in [4.69, 9.17) is 4.74 Å². The Balaban J connectivity index is 2.05.